The number of ether oxygens (including phenoxy) is 1. The Morgan fingerprint density at radius 3 is 2.42 bits per heavy atom. The zero-order valence-electron chi connectivity index (χ0n) is 14.6. The fourth-order valence-corrected chi connectivity index (χ4v) is 2.62. The Bertz CT molecular complexity index is 690. The standard InChI is InChI=1S/C20H25NO2S/c1-20(2,3)24(22)21-15-19-12-8-7-11-18(19)13-14-23-16-17-9-5-4-6-10-17/h4-12,15H,13-14,16H2,1-3H3/b21-15+/t24-/m1/s1. The summed E-state index contributed by atoms with van der Waals surface area (Å²) in [5.41, 5.74) is 3.33. The average Bonchev–Trinajstić information content (AvgIpc) is 2.57. The van der Waals surface area contributed by atoms with Gasteiger partial charge in [-0.3, -0.25) is 0 Å². The molecule has 2 aromatic carbocycles. The first-order chi connectivity index (χ1) is 11.5. The maximum Gasteiger partial charge on any atom is 0.144 e. The second-order valence-electron chi connectivity index (χ2n) is 6.58. The minimum absolute atomic E-state index is 0.343. The van der Waals surface area contributed by atoms with E-state index in [4.69, 9.17) is 4.74 Å². The fraction of sp³-hybridized carbons (Fsp3) is 0.350. The largest absolute Gasteiger partial charge is 0.376 e. The molecule has 0 aliphatic carbocycles. The van der Waals surface area contributed by atoms with E-state index in [2.05, 4.69) is 22.6 Å². The van der Waals surface area contributed by atoms with E-state index in [1.54, 1.807) is 6.21 Å². The van der Waals surface area contributed by atoms with Crippen LogP contribution in [0.2, 0.25) is 0 Å². The average molecular weight is 343 g/mol. The van der Waals surface area contributed by atoms with E-state index in [0.717, 1.165) is 17.5 Å². The molecule has 0 saturated carbocycles. The van der Waals surface area contributed by atoms with Gasteiger partial charge in [-0.25, -0.2) is 4.21 Å². The maximum absolute atomic E-state index is 12.1. The predicted molar refractivity (Wildman–Crippen MR) is 102 cm³/mol. The highest BCUT2D eigenvalue weighted by atomic mass is 32.2. The molecule has 0 heterocycles. The van der Waals surface area contributed by atoms with Gasteiger partial charge in [0.25, 0.3) is 0 Å². The second-order valence-corrected chi connectivity index (χ2v) is 8.52. The molecule has 1 atom stereocenters. The Balaban J connectivity index is 1.91. The highest BCUT2D eigenvalue weighted by molar-refractivity contribution is 7.85. The molecule has 2 rings (SSSR count). The molecule has 0 unspecified atom stereocenters. The zero-order valence-corrected chi connectivity index (χ0v) is 15.4. The molecule has 0 aliphatic rings. The summed E-state index contributed by atoms with van der Waals surface area (Å²) < 4.78 is 21.7. The Morgan fingerprint density at radius 2 is 1.71 bits per heavy atom. The van der Waals surface area contributed by atoms with Crippen LogP contribution in [0.3, 0.4) is 0 Å². The van der Waals surface area contributed by atoms with Gasteiger partial charge in [-0.05, 0) is 43.9 Å². The van der Waals surface area contributed by atoms with Crippen molar-refractivity contribution in [2.75, 3.05) is 6.61 Å². The lowest BCUT2D eigenvalue weighted by Gasteiger charge is -2.13. The third kappa shape index (κ3) is 6.02. The van der Waals surface area contributed by atoms with Crippen LogP contribution >= 0.6 is 0 Å². The monoisotopic (exact) mass is 343 g/mol. The molecular weight excluding hydrogens is 318 g/mol. The number of hydrogen-bond acceptors (Lipinski definition) is 2. The minimum atomic E-state index is -1.24. The molecule has 2 aromatic rings. The van der Waals surface area contributed by atoms with Crippen LogP contribution in [0.1, 0.15) is 37.5 Å². The van der Waals surface area contributed by atoms with Crippen molar-refractivity contribution in [3.05, 3.63) is 71.3 Å². The smallest absolute Gasteiger partial charge is 0.144 e. The lowest BCUT2D eigenvalue weighted by Crippen LogP contribution is -2.19. The van der Waals surface area contributed by atoms with E-state index < -0.39 is 11.0 Å². The second kappa shape index (κ2) is 8.90. The van der Waals surface area contributed by atoms with Crippen molar-refractivity contribution in [3.63, 3.8) is 0 Å². The number of hydrogen-bond donors (Lipinski definition) is 0. The van der Waals surface area contributed by atoms with Crippen molar-refractivity contribution < 1.29 is 8.95 Å². The molecule has 128 valence electrons. The minimum Gasteiger partial charge on any atom is -0.376 e. The van der Waals surface area contributed by atoms with Crippen LogP contribution in [0, 0.1) is 0 Å². The molecule has 24 heavy (non-hydrogen) atoms. The van der Waals surface area contributed by atoms with Crippen LogP contribution < -0.4 is 0 Å². The van der Waals surface area contributed by atoms with Gasteiger partial charge in [-0.15, -0.1) is 0 Å². The third-order valence-corrected chi connectivity index (χ3v) is 4.84. The Morgan fingerprint density at radius 1 is 1.04 bits per heavy atom. The topological polar surface area (TPSA) is 38.7 Å². The van der Waals surface area contributed by atoms with Gasteiger partial charge in [0.1, 0.15) is 11.0 Å². The van der Waals surface area contributed by atoms with Crippen LogP contribution in [0.4, 0.5) is 0 Å². The Kier molecular flexibility index (Phi) is 6.88. The van der Waals surface area contributed by atoms with Gasteiger partial charge in [0.2, 0.25) is 0 Å². The van der Waals surface area contributed by atoms with Crippen LogP contribution in [0.15, 0.2) is 59.0 Å². The van der Waals surface area contributed by atoms with Gasteiger partial charge in [0.05, 0.1) is 18.0 Å². The molecule has 0 bridgehead atoms. The Hall–Kier alpha value is -1.78. The zero-order chi connectivity index (χ0) is 17.4. The van der Waals surface area contributed by atoms with Crippen LogP contribution in [-0.4, -0.2) is 21.8 Å². The quantitative estimate of drug-likeness (QED) is 0.554. The summed E-state index contributed by atoms with van der Waals surface area (Å²) in [7, 11) is -1.24. The lowest BCUT2D eigenvalue weighted by molar-refractivity contribution is 0.124. The third-order valence-electron chi connectivity index (χ3n) is 3.49. The molecule has 0 aliphatic heterocycles. The van der Waals surface area contributed by atoms with Crippen molar-refractivity contribution in [2.45, 2.75) is 38.5 Å². The first-order valence-corrected chi connectivity index (χ1v) is 9.23. The van der Waals surface area contributed by atoms with Gasteiger partial charge in [-0.2, -0.15) is 4.40 Å². The highest BCUT2D eigenvalue weighted by Gasteiger charge is 2.18. The van der Waals surface area contributed by atoms with Crippen LogP contribution in [0.5, 0.6) is 0 Å². The number of nitrogens with zero attached hydrogens (tertiary/aromatic N) is 1. The first kappa shape index (κ1) is 18.6. The maximum atomic E-state index is 12.1. The first-order valence-electron chi connectivity index (χ1n) is 8.12. The van der Waals surface area contributed by atoms with E-state index in [9.17, 15) is 4.21 Å². The fourth-order valence-electron chi connectivity index (χ4n) is 2.10. The number of benzene rings is 2. The lowest BCUT2D eigenvalue weighted by atomic mass is 10.1. The van der Waals surface area contributed by atoms with Crippen molar-refractivity contribution in [1.29, 1.82) is 0 Å². The summed E-state index contributed by atoms with van der Waals surface area (Å²) in [6, 6.07) is 18.2. The summed E-state index contributed by atoms with van der Waals surface area (Å²) in [6.07, 6.45) is 2.52. The summed E-state index contributed by atoms with van der Waals surface area (Å²) in [5, 5.41) is 0. The molecule has 0 saturated heterocycles. The van der Waals surface area contributed by atoms with E-state index in [-0.39, 0.29) is 4.75 Å². The Labute approximate surface area is 147 Å². The highest BCUT2D eigenvalue weighted by Crippen LogP contribution is 2.14. The molecule has 0 N–H and O–H groups in total. The predicted octanol–water partition coefficient (Wildman–Crippen LogP) is 4.33. The van der Waals surface area contributed by atoms with Gasteiger partial charge in [0, 0.05) is 6.21 Å². The molecule has 0 spiro atoms. The summed E-state index contributed by atoms with van der Waals surface area (Å²) in [5.74, 6) is 0. The van der Waals surface area contributed by atoms with Crippen molar-refractivity contribution in [3.8, 4) is 0 Å². The van der Waals surface area contributed by atoms with Gasteiger partial charge in [-0.1, -0.05) is 54.6 Å². The van der Waals surface area contributed by atoms with Crippen LogP contribution in [0.25, 0.3) is 0 Å². The number of rotatable bonds is 7. The van der Waals surface area contributed by atoms with Gasteiger partial charge >= 0.3 is 0 Å². The summed E-state index contributed by atoms with van der Waals surface area (Å²) in [6.45, 7) is 7.02. The molecule has 3 nitrogen and oxygen atoms in total. The molecule has 0 aromatic heterocycles. The van der Waals surface area contributed by atoms with E-state index in [1.165, 1.54) is 5.56 Å². The van der Waals surface area contributed by atoms with Gasteiger partial charge < -0.3 is 4.74 Å². The molecule has 0 fully saturated rings. The molecule has 0 amide bonds. The van der Waals surface area contributed by atoms with Crippen LogP contribution in [-0.2, 0) is 28.8 Å². The molecular formula is C20H25NO2S. The van der Waals surface area contributed by atoms with E-state index >= 15 is 0 Å². The van der Waals surface area contributed by atoms with Gasteiger partial charge in [0.15, 0.2) is 0 Å². The normalized spacial score (nSPS) is 13.3. The SMILES string of the molecule is CC(C)(C)[S@@](=O)/N=C/c1ccccc1CCOCc1ccccc1. The molecule has 0 radical (unpaired) electrons. The van der Waals surface area contributed by atoms with Crippen molar-refractivity contribution in [1.82, 2.24) is 0 Å². The molecule has 4 heteroatoms. The van der Waals surface area contributed by atoms with Crippen molar-refractivity contribution >= 4 is 17.2 Å². The van der Waals surface area contributed by atoms with E-state index in [0.29, 0.717) is 13.2 Å². The van der Waals surface area contributed by atoms with E-state index in [1.807, 2.05) is 57.2 Å². The summed E-state index contributed by atoms with van der Waals surface area (Å²) in [4.78, 5) is 0. The van der Waals surface area contributed by atoms with Crippen molar-refractivity contribution in [2.24, 2.45) is 4.40 Å². The summed E-state index contributed by atoms with van der Waals surface area (Å²) >= 11 is 0.